The Hall–Kier alpha value is -1.60. The van der Waals surface area contributed by atoms with E-state index in [4.69, 9.17) is 0 Å². The van der Waals surface area contributed by atoms with Gasteiger partial charge in [-0.05, 0) is 47.7 Å². The van der Waals surface area contributed by atoms with Crippen LogP contribution in [0.25, 0.3) is 11.1 Å². The minimum Gasteiger partial charge on any atom is -0.312 e. The van der Waals surface area contributed by atoms with Crippen molar-refractivity contribution in [3.8, 4) is 11.1 Å². The molecule has 0 fully saturated rings. The summed E-state index contributed by atoms with van der Waals surface area (Å²) in [5, 5.41) is 3.43. The first kappa shape index (κ1) is 10.5. The minimum atomic E-state index is 1.02. The third kappa shape index (κ3) is 1.87. The van der Waals surface area contributed by atoms with Gasteiger partial charge in [0.25, 0.3) is 0 Å². The van der Waals surface area contributed by atoms with Gasteiger partial charge in [-0.15, -0.1) is 0 Å². The molecule has 2 aromatic carbocycles. The summed E-state index contributed by atoms with van der Waals surface area (Å²) in [5.74, 6) is 0. The largest absolute Gasteiger partial charge is 0.312 e. The lowest BCUT2D eigenvalue weighted by molar-refractivity contribution is 0.641. The van der Waals surface area contributed by atoms with Crippen LogP contribution in [0, 0.1) is 6.92 Å². The third-order valence-corrected chi connectivity index (χ3v) is 3.65. The highest BCUT2D eigenvalue weighted by Gasteiger charge is 2.13. The van der Waals surface area contributed by atoms with Gasteiger partial charge in [-0.2, -0.15) is 0 Å². The van der Waals surface area contributed by atoms with Gasteiger partial charge < -0.3 is 5.32 Å². The van der Waals surface area contributed by atoms with E-state index in [9.17, 15) is 0 Å². The first-order valence-corrected chi connectivity index (χ1v) is 6.24. The number of fused-ring (bicyclic) bond motifs is 1. The molecule has 1 N–H and O–H groups in total. The monoisotopic (exact) mass is 223 g/mol. The Bertz CT molecular complexity index is 529. The fourth-order valence-electron chi connectivity index (χ4n) is 2.69. The number of benzene rings is 2. The summed E-state index contributed by atoms with van der Waals surface area (Å²) in [6.07, 6.45) is 1.15. The molecule has 2 aromatic rings. The molecule has 1 nitrogen and oxygen atoms in total. The molecule has 0 atom stereocenters. The Balaban J connectivity index is 2.13. The quantitative estimate of drug-likeness (QED) is 0.782. The molecule has 1 aliphatic heterocycles. The zero-order chi connectivity index (χ0) is 11.7. The van der Waals surface area contributed by atoms with Crippen LogP contribution < -0.4 is 5.32 Å². The Morgan fingerprint density at radius 2 is 1.82 bits per heavy atom. The van der Waals surface area contributed by atoms with Gasteiger partial charge in [0.15, 0.2) is 0 Å². The highest BCUT2D eigenvalue weighted by molar-refractivity contribution is 5.69. The summed E-state index contributed by atoms with van der Waals surface area (Å²) >= 11 is 0. The van der Waals surface area contributed by atoms with Gasteiger partial charge in [0.05, 0.1) is 0 Å². The molecule has 0 unspecified atom stereocenters. The van der Waals surface area contributed by atoms with Crippen molar-refractivity contribution < 1.29 is 0 Å². The lowest BCUT2D eigenvalue weighted by Gasteiger charge is -2.21. The van der Waals surface area contributed by atoms with Crippen molar-refractivity contribution in [2.45, 2.75) is 19.9 Å². The van der Waals surface area contributed by atoms with Gasteiger partial charge in [-0.1, -0.05) is 42.5 Å². The molecule has 17 heavy (non-hydrogen) atoms. The predicted octanol–water partition coefficient (Wildman–Crippen LogP) is 3.31. The number of hydrogen-bond acceptors (Lipinski definition) is 1. The van der Waals surface area contributed by atoms with E-state index in [2.05, 4.69) is 54.7 Å². The first-order valence-electron chi connectivity index (χ1n) is 6.24. The van der Waals surface area contributed by atoms with Crippen LogP contribution in [0.3, 0.4) is 0 Å². The average Bonchev–Trinajstić information content (AvgIpc) is 2.40. The Morgan fingerprint density at radius 1 is 1.00 bits per heavy atom. The molecule has 0 aliphatic carbocycles. The van der Waals surface area contributed by atoms with Crippen LogP contribution in [0.1, 0.15) is 16.7 Å². The normalized spacial score (nSPS) is 14.4. The van der Waals surface area contributed by atoms with Crippen molar-refractivity contribution in [2.24, 2.45) is 0 Å². The third-order valence-electron chi connectivity index (χ3n) is 3.65. The summed E-state index contributed by atoms with van der Waals surface area (Å²) in [5.41, 5.74) is 7.17. The second-order valence-electron chi connectivity index (χ2n) is 4.67. The second-order valence-corrected chi connectivity index (χ2v) is 4.67. The van der Waals surface area contributed by atoms with Crippen LogP contribution in [0.5, 0.6) is 0 Å². The van der Waals surface area contributed by atoms with Crippen molar-refractivity contribution in [2.75, 3.05) is 6.54 Å². The molecule has 3 rings (SSSR count). The molecule has 0 amide bonds. The lowest BCUT2D eigenvalue weighted by atomic mass is 9.90. The average molecular weight is 223 g/mol. The van der Waals surface area contributed by atoms with Crippen molar-refractivity contribution in [3.63, 3.8) is 0 Å². The van der Waals surface area contributed by atoms with Crippen LogP contribution in [0.4, 0.5) is 0 Å². The fraction of sp³-hybridized carbons (Fsp3) is 0.250. The van der Waals surface area contributed by atoms with Crippen LogP contribution in [-0.2, 0) is 13.0 Å². The van der Waals surface area contributed by atoms with E-state index in [0.29, 0.717) is 0 Å². The summed E-state index contributed by atoms with van der Waals surface area (Å²) in [6.45, 7) is 4.38. The number of rotatable bonds is 1. The molecule has 0 saturated heterocycles. The minimum absolute atomic E-state index is 1.02. The van der Waals surface area contributed by atoms with E-state index in [-0.39, 0.29) is 0 Å². The molecule has 1 aliphatic rings. The number of hydrogen-bond donors (Lipinski definition) is 1. The zero-order valence-corrected chi connectivity index (χ0v) is 10.2. The molecule has 0 spiro atoms. The SMILES string of the molecule is Cc1c(-c2ccccc2)ccc2c1CCNC2. The number of nitrogens with one attached hydrogen (secondary N) is 1. The van der Waals surface area contributed by atoms with Gasteiger partial charge in [-0.25, -0.2) is 0 Å². The zero-order valence-electron chi connectivity index (χ0n) is 10.2. The van der Waals surface area contributed by atoms with E-state index in [1.807, 2.05) is 0 Å². The summed E-state index contributed by atoms with van der Waals surface area (Å²) in [4.78, 5) is 0. The van der Waals surface area contributed by atoms with Crippen LogP contribution >= 0.6 is 0 Å². The molecule has 0 saturated carbocycles. The maximum atomic E-state index is 3.43. The van der Waals surface area contributed by atoms with E-state index in [0.717, 1.165) is 19.5 Å². The Morgan fingerprint density at radius 3 is 2.65 bits per heavy atom. The first-order chi connectivity index (χ1) is 8.36. The molecule has 1 heteroatoms. The predicted molar refractivity (Wildman–Crippen MR) is 72.0 cm³/mol. The maximum Gasteiger partial charge on any atom is 0.0208 e. The Kier molecular flexibility index (Phi) is 2.69. The standard InChI is InChI=1S/C16H17N/c1-12-15(13-5-3-2-4-6-13)8-7-14-11-17-10-9-16(12)14/h2-8,17H,9-11H2,1H3. The van der Waals surface area contributed by atoms with E-state index >= 15 is 0 Å². The van der Waals surface area contributed by atoms with Crippen molar-refractivity contribution in [3.05, 3.63) is 59.2 Å². The summed E-state index contributed by atoms with van der Waals surface area (Å²) in [6, 6.07) is 15.2. The maximum absolute atomic E-state index is 3.43. The molecular formula is C16H17N. The van der Waals surface area contributed by atoms with Gasteiger partial charge in [0.1, 0.15) is 0 Å². The molecule has 0 radical (unpaired) electrons. The van der Waals surface area contributed by atoms with Crippen molar-refractivity contribution >= 4 is 0 Å². The summed E-state index contributed by atoms with van der Waals surface area (Å²) in [7, 11) is 0. The van der Waals surface area contributed by atoms with Crippen LogP contribution in [0.2, 0.25) is 0 Å². The van der Waals surface area contributed by atoms with Crippen molar-refractivity contribution in [1.82, 2.24) is 5.32 Å². The van der Waals surface area contributed by atoms with E-state index < -0.39 is 0 Å². The van der Waals surface area contributed by atoms with Crippen LogP contribution in [-0.4, -0.2) is 6.54 Å². The van der Waals surface area contributed by atoms with Crippen LogP contribution in [0.15, 0.2) is 42.5 Å². The molecule has 1 heterocycles. The van der Waals surface area contributed by atoms with Gasteiger partial charge in [-0.3, -0.25) is 0 Å². The smallest absolute Gasteiger partial charge is 0.0208 e. The topological polar surface area (TPSA) is 12.0 Å². The molecule has 0 aromatic heterocycles. The molecule has 86 valence electrons. The van der Waals surface area contributed by atoms with Crippen molar-refractivity contribution in [1.29, 1.82) is 0 Å². The fourth-order valence-corrected chi connectivity index (χ4v) is 2.69. The summed E-state index contributed by atoms with van der Waals surface area (Å²) < 4.78 is 0. The Labute approximate surface area is 102 Å². The lowest BCUT2D eigenvalue weighted by Crippen LogP contribution is -2.24. The molecular weight excluding hydrogens is 206 g/mol. The van der Waals surface area contributed by atoms with Gasteiger partial charge in [0.2, 0.25) is 0 Å². The second kappa shape index (κ2) is 4.34. The highest BCUT2D eigenvalue weighted by atomic mass is 14.9. The van der Waals surface area contributed by atoms with Gasteiger partial charge in [0, 0.05) is 6.54 Å². The van der Waals surface area contributed by atoms with E-state index in [1.54, 1.807) is 5.56 Å². The van der Waals surface area contributed by atoms with E-state index in [1.165, 1.54) is 22.3 Å². The highest BCUT2D eigenvalue weighted by Crippen LogP contribution is 2.29. The van der Waals surface area contributed by atoms with Gasteiger partial charge >= 0.3 is 0 Å². The molecule has 0 bridgehead atoms.